The molecule has 0 aliphatic carbocycles. The van der Waals surface area contributed by atoms with E-state index in [9.17, 15) is 4.79 Å². The lowest BCUT2D eigenvalue weighted by atomic mass is 10.1. The molecule has 0 bridgehead atoms. The Bertz CT molecular complexity index is 583. The fourth-order valence-corrected chi connectivity index (χ4v) is 1.77. The Kier molecular flexibility index (Phi) is 4.08. The molecule has 0 unspecified atom stereocenters. The van der Waals surface area contributed by atoms with E-state index in [1.807, 2.05) is 48.5 Å². The summed E-state index contributed by atoms with van der Waals surface area (Å²) in [7, 11) is 0. The second kappa shape index (κ2) is 5.78. The van der Waals surface area contributed by atoms with Crippen LogP contribution in [-0.4, -0.2) is 11.8 Å². The van der Waals surface area contributed by atoms with Gasteiger partial charge in [0.05, 0.1) is 0 Å². The van der Waals surface area contributed by atoms with E-state index in [-0.39, 0.29) is 0 Å². The molecule has 2 aromatic carbocycles. The predicted octanol–water partition coefficient (Wildman–Crippen LogP) is 4.67. The molecule has 20 heavy (non-hydrogen) atoms. The maximum absolute atomic E-state index is 11.8. The number of ether oxygens (including phenoxy) is 2. The molecule has 0 spiro atoms. The minimum absolute atomic E-state index is 0.493. The number of hydrogen-bond acceptors (Lipinski definition) is 3. The van der Waals surface area contributed by atoms with Crippen LogP contribution < -0.4 is 4.74 Å². The van der Waals surface area contributed by atoms with Crippen molar-refractivity contribution in [3.8, 4) is 16.9 Å². The van der Waals surface area contributed by atoms with Gasteiger partial charge in [0.2, 0.25) is 0 Å². The van der Waals surface area contributed by atoms with Gasteiger partial charge in [-0.05, 0) is 32.4 Å². The van der Waals surface area contributed by atoms with Crippen molar-refractivity contribution >= 4 is 6.16 Å². The molecule has 0 aliphatic rings. The Morgan fingerprint density at radius 1 is 0.900 bits per heavy atom. The minimum atomic E-state index is -0.694. The first kappa shape index (κ1) is 14.1. The first-order chi connectivity index (χ1) is 9.46. The molecule has 0 radical (unpaired) electrons. The SMILES string of the molecule is CC(C)(C)OC(=O)Oc1ccccc1-c1ccccc1. The van der Waals surface area contributed by atoms with E-state index in [0.717, 1.165) is 11.1 Å². The van der Waals surface area contributed by atoms with Crippen molar-refractivity contribution in [1.82, 2.24) is 0 Å². The lowest BCUT2D eigenvalue weighted by Crippen LogP contribution is -2.26. The lowest BCUT2D eigenvalue weighted by molar-refractivity contribution is 0.0207. The maximum Gasteiger partial charge on any atom is 0.514 e. The summed E-state index contributed by atoms with van der Waals surface area (Å²) in [5, 5.41) is 0. The molecule has 0 amide bonds. The fourth-order valence-electron chi connectivity index (χ4n) is 1.77. The third kappa shape index (κ3) is 3.85. The van der Waals surface area contributed by atoms with E-state index in [4.69, 9.17) is 9.47 Å². The molecule has 0 heterocycles. The van der Waals surface area contributed by atoms with Crippen molar-refractivity contribution in [3.05, 3.63) is 54.6 Å². The summed E-state index contributed by atoms with van der Waals surface area (Å²) >= 11 is 0. The summed E-state index contributed by atoms with van der Waals surface area (Å²) in [4.78, 5) is 11.8. The van der Waals surface area contributed by atoms with Crippen LogP contribution in [0.25, 0.3) is 11.1 Å². The predicted molar refractivity (Wildman–Crippen MR) is 78.7 cm³/mol. The second-order valence-corrected chi connectivity index (χ2v) is 5.43. The summed E-state index contributed by atoms with van der Waals surface area (Å²) < 4.78 is 10.5. The van der Waals surface area contributed by atoms with Gasteiger partial charge in [-0.25, -0.2) is 4.79 Å². The largest absolute Gasteiger partial charge is 0.514 e. The van der Waals surface area contributed by atoms with Crippen molar-refractivity contribution in [2.75, 3.05) is 0 Å². The van der Waals surface area contributed by atoms with E-state index in [2.05, 4.69) is 0 Å². The molecule has 0 aromatic heterocycles. The fraction of sp³-hybridized carbons (Fsp3) is 0.235. The van der Waals surface area contributed by atoms with E-state index < -0.39 is 11.8 Å². The Hall–Kier alpha value is -2.29. The zero-order chi connectivity index (χ0) is 14.6. The van der Waals surface area contributed by atoms with Gasteiger partial charge in [-0.15, -0.1) is 0 Å². The van der Waals surface area contributed by atoms with Gasteiger partial charge < -0.3 is 9.47 Å². The number of hydrogen-bond donors (Lipinski definition) is 0. The Labute approximate surface area is 119 Å². The normalized spacial score (nSPS) is 10.9. The second-order valence-electron chi connectivity index (χ2n) is 5.43. The van der Waals surface area contributed by atoms with Crippen LogP contribution in [0.4, 0.5) is 4.79 Å². The van der Waals surface area contributed by atoms with Crippen molar-refractivity contribution in [3.63, 3.8) is 0 Å². The lowest BCUT2D eigenvalue weighted by Gasteiger charge is -2.19. The molecule has 0 saturated carbocycles. The van der Waals surface area contributed by atoms with Gasteiger partial charge in [0, 0.05) is 5.56 Å². The molecule has 0 atom stereocenters. The highest BCUT2D eigenvalue weighted by Gasteiger charge is 2.19. The van der Waals surface area contributed by atoms with E-state index in [1.165, 1.54) is 0 Å². The summed E-state index contributed by atoms with van der Waals surface area (Å²) in [6.07, 6.45) is -0.694. The summed E-state index contributed by atoms with van der Waals surface area (Å²) in [6, 6.07) is 17.2. The molecule has 2 aromatic rings. The van der Waals surface area contributed by atoms with Gasteiger partial charge in [-0.1, -0.05) is 48.5 Å². The number of para-hydroxylation sites is 1. The van der Waals surface area contributed by atoms with Crippen LogP contribution in [0.2, 0.25) is 0 Å². The minimum Gasteiger partial charge on any atom is -0.428 e. The quantitative estimate of drug-likeness (QED) is 0.587. The third-order valence-electron chi connectivity index (χ3n) is 2.55. The van der Waals surface area contributed by atoms with Crippen LogP contribution in [0.15, 0.2) is 54.6 Å². The standard InChI is InChI=1S/C17H18O3/c1-17(2,3)20-16(18)19-15-12-8-7-11-14(15)13-9-5-4-6-10-13/h4-12H,1-3H3. The molecule has 104 valence electrons. The first-order valence-electron chi connectivity index (χ1n) is 6.51. The van der Waals surface area contributed by atoms with Crippen LogP contribution in [0.5, 0.6) is 5.75 Å². The van der Waals surface area contributed by atoms with Gasteiger partial charge in [0.1, 0.15) is 11.4 Å². The molecular weight excluding hydrogens is 252 g/mol. The molecule has 0 N–H and O–H groups in total. The van der Waals surface area contributed by atoms with Gasteiger partial charge in [0.25, 0.3) is 0 Å². The molecule has 0 fully saturated rings. The molecule has 0 aliphatic heterocycles. The van der Waals surface area contributed by atoms with Gasteiger partial charge in [-0.2, -0.15) is 0 Å². The molecular formula is C17H18O3. The van der Waals surface area contributed by atoms with Crippen LogP contribution in [0.3, 0.4) is 0 Å². The average Bonchev–Trinajstić information content (AvgIpc) is 2.38. The molecule has 3 nitrogen and oxygen atoms in total. The topological polar surface area (TPSA) is 35.5 Å². The van der Waals surface area contributed by atoms with Gasteiger partial charge in [0.15, 0.2) is 0 Å². The number of rotatable bonds is 2. The van der Waals surface area contributed by atoms with E-state index in [1.54, 1.807) is 26.8 Å². The van der Waals surface area contributed by atoms with Crippen molar-refractivity contribution in [2.24, 2.45) is 0 Å². The van der Waals surface area contributed by atoms with Crippen LogP contribution in [-0.2, 0) is 4.74 Å². The zero-order valence-corrected chi connectivity index (χ0v) is 11.9. The monoisotopic (exact) mass is 270 g/mol. The van der Waals surface area contributed by atoms with Crippen molar-refractivity contribution < 1.29 is 14.3 Å². The summed E-state index contributed by atoms with van der Waals surface area (Å²) in [5.74, 6) is 0.493. The summed E-state index contributed by atoms with van der Waals surface area (Å²) in [5.41, 5.74) is 1.28. The van der Waals surface area contributed by atoms with E-state index >= 15 is 0 Å². The molecule has 0 saturated heterocycles. The van der Waals surface area contributed by atoms with Crippen molar-refractivity contribution in [1.29, 1.82) is 0 Å². The average molecular weight is 270 g/mol. The van der Waals surface area contributed by atoms with Gasteiger partial charge in [-0.3, -0.25) is 0 Å². The number of carbonyl (C=O) groups is 1. The highest BCUT2D eigenvalue weighted by molar-refractivity contribution is 5.74. The Balaban J connectivity index is 2.23. The van der Waals surface area contributed by atoms with Crippen LogP contribution in [0.1, 0.15) is 20.8 Å². The smallest absolute Gasteiger partial charge is 0.428 e. The van der Waals surface area contributed by atoms with Crippen LogP contribution >= 0.6 is 0 Å². The highest BCUT2D eigenvalue weighted by atomic mass is 16.7. The van der Waals surface area contributed by atoms with E-state index in [0.29, 0.717) is 5.75 Å². The zero-order valence-electron chi connectivity index (χ0n) is 11.9. The van der Waals surface area contributed by atoms with Crippen molar-refractivity contribution in [2.45, 2.75) is 26.4 Å². The highest BCUT2D eigenvalue weighted by Crippen LogP contribution is 2.30. The third-order valence-corrected chi connectivity index (χ3v) is 2.55. The maximum atomic E-state index is 11.8. The van der Waals surface area contributed by atoms with Crippen LogP contribution in [0, 0.1) is 0 Å². The summed E-state index contributed by atoms with van der Waals surface area (Å²) in [6.45, 7) is 5.41. The number of benzene rings is 2. The first-order valence-corrected chi connectivity index (χ1v) is 6.51. The molecule has 2 rings (SSSR count). The molecule has 3 heteroatoms. The Morgan fingerprint density at radius 3 is 2.15 bits per heavy atom. The Morgan fingerprint density at radius 2 is 1.50 bits per heavy atom. The number of carbonyl (C=O) groups excluding carboxylic acids is 1. The van der Waals surface area contributed by atoms with Gasteiger partial charge >= 0.3 is 6.16 Å².